The fourth-order valence-electron chi connectivity index (χ4n) is 3.61. The Morgan fingerprint density at radius 3 is 2.44 bits per heavy atom. The molecule has 0 saturated heterocycles. The molecule has 0 aliphatic carbocycles. The van der Waals surface area contributed by atoms with Crippen molar-refractivity contribution in [1.29, 1.82) is 0 Å². The second-order valence-electron chi connectivity index (χ2n) is 7.61. The molecule has 0 aromatic heterocycles. The molecule has 1 atom stereocenters. The second-order valence-corrected chi connectivity index (χ2v) is 8.40. The molecule has 0 bridgehead atoms. The molecule has 3 rings (SSSR count). The van der Waals surface area contributed by atoms with Gasteiger partial charge in [-0.3, -0.25) is 9.59 Å². The Morgan fingerprint density at radius 1 is 1.00 bits per heavy atom. The van der Waals surface area contributed by atoms with Gasteiger partial charge in [0.15, 0.2) is 6.61 Å². The highest BCUT2D eigenvalue weighted by Gasteiger charge is 2.28. The van der Waals surface area contributed by atoms with Crippen LogP contribution in [0.3, 0.4) is 0 Å². The summed E-state index contributed by atoms with van der Waals surface area (Å²) in [6, 6.07) is 20.9. The van der Waals surface area contributed by atoms with Crippen LogP contribution in [0.4, 0.5) is 0 Å². The van der Waals surface area contributed by atoms with Crippen molar-refractivity contribution in [3.8, 4) is 5.75 Å². The average Bonchev–Trinajstić information content (AvgIpc) is 2.82. The lowest BCUT2D eigenvalue weighted by atomic mass is 10.1. The van der Waals surface area contributed by atoms with Crippen molar-refractivity contribution in [2.75, 3.05) is 13.2 Å². The first-order valence-electron chi connectivity index (χ1n) is 11.0. The number of nitrogens with one attached hydrogen (secondary N) is 1. The minimum atomic E-state index is -0.557. The molecule has 0 radical (unpaired) electrons. The molecule has 6 heteroatoms. The van der Waals surface area contributed by atoms with Crippen LogP contribution in [0.2, 0.25) is 0 Å². The molecule has 0 heterocycles. The van der Waals surface area contributed by atoms with Crippen LogP contribution in [0.25, 0.3) is 10.8 Å². The van der Waals surface area contributed by atoms with E-state index in [0.717, 1.165) is 27.2 Å². The van der Waals surface area contributed by atoms with E-state index in [0.29, 0.717) is 25.3 Å². The fraction of sp³-hybridized carbons (Fsp3) is 0.308. The van der Waals surface area contributed by atoms with E-state index in [4.69, 9.17) is 4.74 Å². The van der Waals surface area contributed by atoms with E-state index in [1.807, 2.05) is 80.6 Å². The van der Waals surface area contributed by atoms with E-state index in [1.165, 1.54) is 0 Å². The topological polar surface area (TPSA) is 58.6 Å². The van der Waals surface area contributed by atoms with Crippen molar-refractivity contribution in [2.24, 2.45) is 0 Å². The molecule has 3 aromatic carbocycles. The summed E-state index contributed by atoms with van der Waals surface area (Å²) in [5.74, 6) is 0.234. The van der Waals surface area contributed by atoms with Crippen LogP contribution in [0.5, 0.6) is 5.75 Å². The molecule has 32 heavy (non-hydrogen) atoms. The summed E-state index contributed by atoms with van der Waals surface area (Å²) < 4.78 is 6.72. The largest absolute Gasteiger partial charge is 0.483 e. The summed E-state index contributed by atoms with van der Waals surface area (Å²) in [7, 11) is 0. The fourth-order valence-corrected chi connectivity index (χ4v) is 4.22. The number of carbonyl (C=O) groups is 2. The Kier molecular flexibility index (Phi) is 8.68. The van der Waals surface area contributed by atoms with Gasteiger partial charge in [0.25, 0.3) is 5.91 Å². The van der Waals surface area contributed by atoms with Gasteiger partial charge in [-0.25, -0.2) is 0 Å². The third-order valence-corrected chi connectivity index (χ3v) is 6.13. The van der Waals surface area contributed by atoms with Gasteiger partial charge in [-0.1, -0.05) is 74.5 Å². The molecule has 0 spiro atoms. The lowest BCUT2D eigenvalue weighted by molar-refractivity contribution is -0.143. The highest BCUT2D eigenvalue weighted by atomic mass is 79.9. The number of benzene rings is 3. The van der Waals surface area contributed by atoms with E-state index in [2.05, 4.69) is 21.2 Å². The first-order chi connectivity index (χ1) is 15.5. The van der Waals surface area contributed by atoms with E-state index < -0.39 is 6.04 Å². The summed E-state index contributed by atoms with van der Waals surface area (Å²) in [6.07, 6.45) is 1.36. The number of fused-ring (bicyclic) bond motifs is 1. The average molecular weight is 497 g/mol. The van der Waals surface area contributed by atoms with Crippen molar-refractivity contribution in [3.63, 3.8) is 0 Å². The first kappa shape index (κ1) is 23.8. The Hall–Kier alpha value is -2.86. The molecular formula is C26H29BrN2O3. The Bertz CT molecular complexity index is 1060. The molecule has 1 N–H and O–H groups in total. The zero-order valence-electron chi connectivity index (χ0n) is 18.5. The Morgan fingerprint density at radius 2 is 1.72 bits per heavy atom. The lowest BCUT2D eigenvalue weighted by Gasteiger charge is -2.30. The summed E-state index contributed by atoms with van der Waals surface area (Å²) in [6.45, 7) is 4.70. The van der Waals surface area contributed by atoms with Crippen molar-refractivity contribution in [2.45, 2.75) is 39.3 Å². The number of halogens is 1. The summed E-state index contributed by atoms with van der Waals surface area (Å²) in [5.41, 5.74) is 0.967. The highest BCUT2D eigenvalue weighted by Crippen LogP contribution is 2.33. The van der Waals surface area contributed by atoms with E-state index in [9.17, 15) is 9.59 Å². The minimum Gasteiger partial charge on any atom is -0.483 e. The number of amides is 2. The van der Waals surface area contributed by atoms with Crippen molar-refractivity contribution < 1.29 is 14.3 Å². The van der Waals surface area contributed by atoms with Gasteiger partial charge in [-0.15, -0.1) is 0 Å². The number of hydrogen-bond donors (Lipinski definition) is 1. The van der Waals surface area contributed by atoms with Crippen LogP contribution >= 0.6 is 15.9 Å². The molecule has 3 aromatic rings. The van der Waals surface area contributed by atoms with Gasteiger partial charge in [0, 0.05) is 13.1 Å². The van der Waals surface area contributed by atoms with Crippen LogP contribution in [-0.2, 0) is 16.1 Å². The Balaban J connectivity index is 1.79. The lowest BCUT2D eigenvalue weighted by Crippen LogP contribution is -2.50. The quantitative estimate of drug-likeness (QED) is 0.413. The molecule has 1 unspecified atom stereocenters. The highest BCUT2D eigenvalue weighted by molar-refractivity contribution is 9.10. The van der Waals surface area contributed by atoms with Crippen LogP contribution in [0, 0.1) is 0 Å². The monoisotopic (exact) mass is 496 g/mol. The third-order valence-electron chi connectivity index (χ3n) is 5.31. The first-order valence-corrected chi connectivity index (χ1v) is 11.8. The maximum Gasteiger partial charge on any atom is 0.261 e. The standard InChI is InChI=1S/C26H29BrN2O3/c1-3-16-28-26(31)22(4-2)29(17-19-10-6-5-7-11-19)24(30)18-32-23-15-14-20-12-8-9-13-21(20)25(23)27/h5-15,22H,3-4,16-18H2,1-2H3,(H,28,31). The zero-order valence-corrected chi connectivity index (χ0v) is 20.1. The maximum absolute atomic E-state index is 13.3. The number of carbonyl (C=O) groups excluding carboxylic acids is 2. The van der Waals surface area contributed by atoms with Crippen LogP contribution < -0.4 is 10.1 Å². The number of ether oxygens (including phenoxy) is 1. The number of nitrogens with zero attached hydrogens (tertiary/aromatic N) is 1. The van der Waals surface area contributed by atoms with Gasteiger partial charge in [-0.05, 0) is 51.2 Å². The van der Waals surface area contributed by atoms with Crippen LogP contribution in [-0.4, -0.2) is 35.9 Å². The second kappa shape index (κ2) is 11.7. The zero-order chi connectivity index (χ0) is 22.9. The van der Waals surface area contributed by atoms with Crippen molar-refractivity contribution in [3.05, 3.63) is 76.8 Å². The number of hydrogen-bond acceptors (Lipinski definition) is 3. The molecule has 0 aliphatic heterocycles. The van der Waals surface area contributed by atoms with Crippen molar-refractivity contribution in [1.82, 2.24) is 10.2 Å². The van der Waals surface area contributed by atoms with Gasteiger partial charge in [-0.2, -0.15) is 0 Å². The van der Waals surface area contributed by atoms with Gasteiger partial charge in [0.2, 0.25) is 5.91 Å². The predicted octanol–water partition coefficient (Wildman–Crippen LogP) is 5.31. The summed E-state index contributed by atoms with van der Waals surface area (Å²) in [5, 5.41) is 5.03. The van der Waals surface area contributed by atoms with Crippen LogP contribution in [0.15, 0.2) is 71.2 Å². The van der Waals surface area contributed by atoms with E-state index in [1.54, 1.807) is 4.90 Å². The normalized spacial score (nSPS) is 11.7. The molecule has 0 aliphatic rings. The molecule has 168 valence electrons. The van der Waals surface area contributed by atoms with Gasteiger partial charge < -0.3 is 15.0 Å². The van der Waals surface area contributed by atoms with E-state index in [-0.39, 0.29) is 18.4 Å². The molecule has 5 nitrogen and oxygen atoms in total. The molecule has 0 saturated carbocycles. The number of rotatable bonds is 10. The summed E-state index contributed by atoms with van der Waals surface area (Å²) >= 11 is 3.60. The maximum atomic E-state index is 13.3. The van der Waals surface area contributed by atoms with E-state index >= 15 is 0 Å². The van der Waals surface area contributed by atoms with Gasteiger partial charge >= 0.3 is 0 Å². The smallest absolute Gasteiger partial charge is 0.261 e. The van der Waals surface area contributed by atoms with Gasteiger partial charge in [0.05, 0.1) is 4.47 Å². The SMILES string of the molecule is CCCNC(=O)C(CC)N(Cc1ccccc1)C(=O)COc1ccc2ccccc2c1Br. The Labute approximate surface area is 197 Å². The predicted molar refractivity (Wildman–Crippen MR) is 132 cm³/mol. The molecule has 2 amide bonds. The molecular weight excluding hydrogens is 468 g/mol. The van der Waals surface area contributed by atoms with Crippen molar-refractivity contribution >= 4 is 38.5 Å². The third kappa shape index (κ3) is 5.88. The minimum absolute atomic E-state index is 0.134. The van der Waals surface area contributed by atoms with Crippen LogP contribution in [0.1, 0.15) is 32.3 Å². The van der Waals surface area contributed by atoms with Gasteiger partial charge in [0.1, 0.15) is 11.8 Å². The summed E-state index contributed by atoms with van der Waals surface area (Å²) in [4.78, 5) is 27.7. The molecule has 0 fully saturated rings.